The number of halogens is 1. The highest BCUT2D eigenvalue weighted by Crippen LogP contribution is 2.40. The monoisotopic (exact) mass is 443 g/mol. The summed E-state index contributed by atoms with van der Waals surface area (Å²) in [5, 5.41) is 11.5. The smallest absolute Gasteiger partial charge is 0.295 e. The van der Waals surface area contributed by atoms with E-state index in [0.717, 1.165) is 13.1 Å². The number of amides is 1. The summed E-state index contributed by atoms with van der Waals surface area (Å²) < 4.78 is 5.23. The lowest BCUT2D eigenvalue weighted by atomic mass is 9.96. The number of carbonyl (C=O) groups is 2. The summed E-state index contributed by atoms with van der Waals surface area (Å²) in [6.45, 7) is 6.75. The van der Waals surface area contributed by atoms with Gasteiger partial charge < -0.3 is 19.6 Å². The van der Waals surface area contributed by atoms with E-state index in [1.165, 1.54) is 12.0 Å². The van der Waals surface area contributed by atoms with Crippen molar-refractivity contribution in [3.63, 3.8) is 0 Å². The number of likely N-dealkylation sites (tertiary alicyclic amines) is 1. The Balaban J connectivity index is 2.10. The van der Waals surface area contributed by atoms with Gasteiger partial charge in [-0.2, -0.15) is 0 Å². The quantitative estimate of drug-likeness (QED) is 0.382. The zero-order valence-electron chi connectivity index (χ0n) is 17.8. The molecule has 0 spiro atoms. The molecule has 1 aliphatic heterocycles. The van der Waals surface area contributed by atoms with Gasteiger partial charge in [0.25, 0.3) is 11.7 Å². The minimum atomic E-state index is -0.715. The number of hydrogen-bond donors (Lipinski definition) is 1. The van der Waals surface area contributed by atoms with Gasteiger partial charge in [0.2, 0.25) is 0 Å². The lowest BCUT2D eigenvalue weighted by Gasteiger charge is -2.28. The molecule has 1 unspecified atom stereocenters. The molecule has 2 heterocycles. The summed E-state index contributed by atoms with van der Waals surface area (Å²) in [7, 11) is 1.47. The Morgan fingerprint density at radius 3 is 2.48 bits per heavy atom. The number of ether oxygens (including phenoxy) is 1. The van der Waals surface area contributed by atoms with Gasteiger partial charge in [-0.1, -0.05) is 25.4 Å². The molecule has 0 bridgehead atoms. The Kier molecular flexibility index (Phi) is 7.30. The van der Waals surface area contributed by atoms with Crippen LogP contribution in [0.1, 0.15) is 31.0 Å². The van der Waals surface area contributed by atoms with Crippen LogP contribution in [0.4, 0.5) is 0 Å². The first-order chi connectivity index (χ1) is 14.9. The topological polar surface area (TPSA) is 83.0 Å². The summed E-state index contributed by atoms with van der Waals surface area (Å²) >= 11 is 6.10. The van der Waals surface area contributed by atoms with Gasteiger partial charge in [-0.05, 0) is 49.0 Å². The van der Waals surface area contributed by atoms with Gasteiger partial charge in [0.05, 0.1) is 23.7 Å². The number of aliphatic hydroxyl groups is 1. The molecular weight excluding hydrogens is 418 g/mol. The van der Waals surface area contributed by atoms with Crippen LogP contribution in [-0.2, 0) is 9.59 Å². The minimum absolute atomic E-state index is 0.0418. The van der Waals surface area contributed by atoms with E-state index in [2.05, 4.69) is 9.88 Å². The maximum Gasteiger partial charge on any atom is 0.295 e. The first-order valence-electron chi connectivity index (χ1n) is 10.2. The summed E-state index contributed by atoms with van der Waals surface area (Å²) in [4.78, 5) is 33.7. The van der Waals surface area contributed by atoms with Crippen LogP contribution in [-0.4, -0.2) is 64.9 Å². The Hall–Kier alpha value is -2.90. The third-order valence-corrected chi connectivity index (χ3v) is 5.85. The Morgan fingerprint density at radius 1 is 1.19 bits per heavy atom. The van der Waals surface area contributed by atoms with Crippen molar-refractivity contribution in [2.75, 3.05) is 33.3 Å². The SMILES string of the molecule is CCN(CC)CCN1C(=O)C(=O)/C(=C(\O)c2ccc(Cl)c(OC)c2)C1c1ccncc1. The predicted octanol–water partition coefficient (Wildman–Crippen LogP) is 3.51. The molecular formula is C23H26ClN3O4. The molecule has 7 nitrogen and oxygen atoms in total. The highest BCUT2D eigenvalue weighted by Gasteiger charge is 2.46. The van der Waals surface area contributed by atoms with E-state index < -0.39 is 17.7 Å². The zero-order valence-corrected chi connectivity index (χ0v) is 18.6. The van der Waals surface area contributed by atoms with E-state index in [9.17, 15) is 14.7 Å². The van der Waals surface area contributed by atoms with E-state index in [4.69, 9.17) is 16.3 Å². The van der Waals surface area contributed by atoms with Gasteiger partial charge in [0.15, 0.2) is 0 Å². The summed E-state index contributed by atoms with van der Waals surface area (Å²) in [5.41, 5.74) is 1.10. The highest BCUT2D eigenvalue weighted by atomic mass is 35.5. The number of aliphatic hydroxyl groups excluding tert-OH is 1. The number of hydrogen-bond acceptors (Lipinski definition) is 6. The predicted molar refractivity (Wildman–Crippen MR) is 119 cm³/mol. The van der Waals surface area contributed by atoms with Crippen molar-refractivity contribution in [1.82, 2.24) is 14.8 Å². The zero-order chi connectivity index (χ0) is 22.5. The molecule has 1 aliphatic rings. The Labute approximate surface area is 186 Å². The van der Waals surface area contributed by atoms with Crippen molar-refractivity contribution < 1.29 is 19.4 Å². The lowest BCUT2D eigenvalue weighted by molar-refractivity contribution is -0.140. The van der Waals surface area contributed by atoms with Gasteiger partial charge in [0, 0.05) is 31.0 Å². The first kappa shape index (κ1) is 22.8. The van der Waals surface area contributed by atoms with E-state index >= 15 is 0 Å². The van der Waals surface area contributed by atoms with Crippen LogP contribution in [0.15, 0.2) is 48.3 Å². The number of benzene rings is 1. The van der Waals surface area contributed by atoms with Gasteiger partial charge in [0.1, 0.15) is 11.5 Å². The van der Waals surface area contributed by atoms with Crippen LogP contribution >= 0.6 is 11.6 Å². The molecule has 164 valence electrons. The van der Waals surface area contributed by atoms with Gasteiger partial charge in [-0.3, -0.25) is 14.6 Å². The number of ketones is 1. The number of carbonyl (C=O) groups excluding carboxylic acids is 2. The van der Waals surface area contributed by atoms with Crippen LogP contribution in [0, 0.1) is 0 Å². The molecule has 0 saturated carbocycles. The molecule has 1 saturated heterocycles. The molecule has 1 aromatic carbocycles. The number of rotatable bonds is 8. The van der Waals surface area contributed by atoms with Gasteiger partial charge in [-0.15, -0.1) is 0 Å². The maximum atomic E-state index is 13.0. The number of pyridine rings is 1. The van der Waals surface area contributed by atoms with E-state index in [-0.39, 0.29) is 11.3 Å². The van der Waals surface area contributed by atoms with Crippen LogP contribution in [0.2, 0.25) is 5.02 Å². The molecule has 1 atom stereocenters. The molecule has 8 heteroatoms. The molecule has 0 aliphatic carbocycles. The average Bonchev–Trinajstić information content (AvgIpc) is 3.05. The normalized spacial score (nSPS) is 18.1. The van der Waals surface area contributed by atoms with Crippen LogP contribution < -0.4 is 4.74 Å². The molecule has 1 amide bonds. The average molecular weight is 444 g/mol. The first-order valence-corrected chi connectivity index (χ1v) is 10.5. The third kappa shape index (κ3) is 4.57. The molecule has 1 fully saturated rings. The number of Topliss-reactive ketones (excluding diaryl/α,β-unsaturated/α-hetero) is 1. The number of nitrogens with zero attached hydrogens (tertiary/aromatic N) is 3. The molecule has 3 rings (SSSR count). The molecule has 1 N–H and O–H groups in total. The Morgan fingerprint density at radius 2 is 1.87 bits per heavy atom. The van der Waals surface area contributed by atoms with Crippen LogP contribution in [0.3, 0.4) is 0 Å². The Bertz CT molecular complexity index is 990. The second-order valence-corrected chi connectivity index (χ2v) is 7.56. The van der Waals surface area contributed by atoms with Crippen molar-refractivity contribution in [3.05, 3.63) is 64.4 Å². The van der Waals surface area contributed by atoms with Crippen LogP contribution in [0.25, 0.3) is 5.76 Å². The lowest BCUT2D eigenvalue weighted by Crippen LogP contribution is -2.38. The molecule has 0 radical (unpaired) electrons. The second kappa shape index (κ2) is 9.94. The van der Waals surface area contributed by atoms with Crippen LogP contribution in [0.5, 0.6) is 5.75 Å². The largest absolute Gasteiger partial charge is 0.507 e. The van der Waals surface area contributed by atoms with Crippen molar-refractivity contribution in [2.24, 2.45) is 0 Å². The minimum Gasteiger partial charge on any atom is -0.507 e. The fourth-order valence-corrected chi connectivity index (χ4v) is 3.95. The van der Waals surface area contributed by atoms with E-state index in [1.54, 1.807) is 42.7 Å². The van der Waals surface area contributed by atoms with Gasteiger partial charge >= 0.3 is 0 Å². The maximum absolute atomic E-state index is 13.0. The van der Waals surface area contributed by atoms with Gasteiger partial charge in [-0.25, -0.2) is 0 Å². The standard InChI is InChI=1S/C23H26ClN3O4/c1-4-26(5-2)12-13-27-20(15-8-10-25-11-9-15)19(22(29)23(27)30)21(28)16-6-7-17(24)18(14-16)31-3/h6-11,14,20,28H,4-5,12-13H2,1-3H3/b21-19-. The van der Waals surface area contributed by atoms with E-state index in [0.29, 0.717) is 35.0 Å². The van der Waals surface area contributed by atoms with Crippen molar-refractivity contribution in [1.29, 1.82) is 0 Å². The summed E-state index contributed by atoms with van der Waals surface area (Å²) in [5.74, 6) is -1.24. The number of methoxy groups -OCH3 is 1. The molecule has 2 aromatic rings. The van der Waals surface area contributed by atoms with Crippen molar-refractivity contribution in [3.8, 4) is 5.75 Å². The third-order valence-electron chi connectivity index (χ3n) is 5.54. The summed E-state index contributed by atoms with van der Waals surface area (Å²) in [6, 6.07) is 7.50. The highest BCUT2D eigenvalue weighted by molar-refractivity contribution is 6.46. The second-order valence-electron chi connectivity index (χ2n) is 7.15. The van der Waals surface area contributed by atoms with Crippen molar-refractivity contribution in [2.45, 2.75) is 19.9 Å². The molecule has 31 heavy (non-hydrogen) atoms. The van der Waals surface area contributed by atoms with Crippen molar-refractivity contribution >= 4 is 29.1 Å². The molecule has 1 aromatic heterocycles. The fraction of sp³-hybridized carbons (Fsp3) is 0.348. The number of aromatic nitrogens is 1. The summed E-state index contributed by atoms with van der Waals surface area (Å²) in [6.07, 6.45) is 3.20. The van der Waals surface area contributed by atoms with E-state index in [1.807, 2.05) is 13.8 Å². The number of likely N-dealkylation sites (N-methyl/N-ethyl adjacent to an activating group) is 1. The fourth-order valence-electron chi connectivity index (χ4n) is 3.75.